The van der Waals surface area contributed by atoms with Crippen molar-refractivity contribution in [2.45, 2.75) is 44.5 Å². The topological polar surface area (TPSA) is 150 Å². The molecule has 0 atom stereocenters. The molecule has 12 heteroatoms. The molecule has 3 aromatic rings. The van der Waals surface area contributed by atoms with E-state index in [0.717, 1.165) is 31.0 Å². The minimum Gasteiger partial charge on any atom is -0.382 e. The van der Waals surface area contributed by atoms with Gasteiger partial charge in [0.05, 0.1) is 11.4 Å². The molecule has 2 heterocycles. The normalized spacial score (nSPS) is 10.5. The minimum atomic E-state index is -0.169. The van der Waals surface area contributed by atoms with Crippen LogP contribution in [0.2, 0.25) is 0 Å². The summed E-state index contributed by atoms with van der Waals surface area (Å²) in [5.41, 5.74) is 9.71. The first-order valence-corrected chi connectivity index (χ1v) is 13.8. The molecule has 10 nitrogen and oxygen atoms in total. The van der Waals surface area contributed by atoms with Crippen molar-refractivity contribution in [1.82, 2.24) is 25.2 Å². The van der Waals surface area contributed by atoms with Crippen molar-refractivity contribution >= 4 is 47.5 Å². The van der Waals surface area contributed by atoms with Crippen LogP contribution in [0.3, 0.4) is 0 Å². The van der Waals surface area contributed by atoms with Gasteiger partial charge in [-0.1, -0.05) is 43.8 Å². The second-order valence-corrected chi connectivity index (χ2v) is 9.71. The van der Waals surface area contributed by atoms with Crippen LogP contribution in [0.25, 0.3) is 11.3 Å². The molecule has 0 saturated carbocycles. The molecular formula is C28H35ClN8O2S. The Morgan fingerprint density at radius 2 is 1.75 bits per heavy atom. The predicted molar refractivity (Wildman–Crippen MR) is 161 cm³/mol. The number of nitrogens with zero attached hydrogens (tertiary/aromatic N) is 5. The Bertz CT molecular complexity index is 1330. The third kappa shape index (κ3) is 9.79. The molecule has 0 fully saturated rings. The van der Waals surface area contributed by atoms with Gasteiger partial charge in [-0.25, -0.2) is 9.97 Å². The number of hydrogen-bond acceptors (Lipinski definition) is 9. The summed E-state index contributed by atoms with van der Waals surface area (Å²) >= 11 is 1.36. The lowest BCUT2D eigenvalue weighted by Gasteiger charge is -2.17. The fourth-order valence-corrected chi connectivity index (χ4v) is 4.62. The Balaban J connectivity index is 0.00000560. The monoisotopic (exact) mass is 582 g/mol. The third-order valence-electron chi connectivity index (χ3n) is 5.97. The summed E-state index contributed by atoms with van der Waals surface area (Å²) in [6.45, 7) is 9.07. The van der Waals surface area contributed by atoms with Crippen LogP contribution in [-0.2, 0) is 21.8 Å². The average Bonchev–Trinajstić information content (AvgIpc) is 2.93. The first kappa shape index (κ1) is 32.5. The number of benzene rings is 1. The van der Waals surface area contributed by atoms with Gasteiger partial charge in [0.15, 0.2) is 5.16 Å². The first-order valence-electron chi connectivity index (χ1n) is 12.8. The number of carbonyl (C=O) groups is 2. The maximum Gasteiger partial charge on any atom is 0.221 e. The number of thioether (sulfide) groups is 1. The van der Waals surface area contributed by atoms with E-state index < -0.39 is 0 Å². The third-order valence-corrected chi connectivity index (χ3v) is 6.85. The number of hydrogen-bond donors (Lipinski definition) is 3. The first-order chi connectivity index (χ1) is 18.8. The molecule has 1 aromatic carbocycles. The number of amides is 2. The zero-order chi connectivity index (χ0) is 28.2. The van der Waals surface area contributed by atoms with Crippen LogP contribution >= 0.6 is 24.2 Å². The summed E-state index contributed by atoms with van der Waals surface area (Å²) in [6.07, 6.45) is 0.926. The van der Waals surface area contributed by atoms with Gasteiger partial charge in [-0.2, -0.15) is 5.26 Å². The summed E-state index contributed by atoms with van der Waals surface area (Å²) < 4.78 is 0. The molecule has 40 heavy (non-hydrogen) atoms. The van der Waals surface area contributed by atoms with Crippen molar-refractivity contribution in [1.29, 1.82) is 5.26 Å². The smallest absolute Gasteiger partial charge is 0.221 e. The maximum atomic E-state index is 12.2. The highest BCUT2D eigenvalue weighted by atomic mass is 35.5. The second-order valence-electron chi connectivity index (χ2n) is 8.77. The van der Waals surface area contributed by atoms with Gasteiger partial charge in [0.2, 0.25) is 11.8 Å². The summed E-state index contributed by atoms with van der Waals surface area (Å²) in [5, 5.41) is 15.7. The van der Waals surface area contributed by atoms with Crippen LogP contribution in [0.5, 0.6) is 0 Å². The van der Waals surface area contributed by atoms with Crippen LogP contribution in [0.1, 0.15) is 44.1 Å². The number of nitrogen functional groups attached to an aromatic ring is 1. The van der Waals surface area contributed by atoms with Crippen molar-refractivity contribution in [3.63, 3.8) is 0 Å². The van der Waals surface area contributed by atoms with E-state index in [4.69, 9.17) is 5.73 Å². The molecule has 2 aromatic heterocycles. The molecular weight excluding hydrogens is 548 g/mol. The van der Waals surface area contributed by atoms with Gasteiger partial charge in [-0.3, -0.25) is 14.6 Å². The van der Waals surface area contributed by atoms with E-state index in [0.29, 0.717) is 47.2 Å². The molecule has 3 rings (SSSR count). The lowest BCUT2D eigenvalue weighted by atomic mass is 10.1. The molecule has 0 spiro atoms. The molecule has 0 bridgehead atoms. The van der Waals surface area contributed by atoms with Gasteiger partial charge in [0.25, 0.3) is 0 Å². The van der Waals surface area contributed by atoms with E-state index in [2.05, 4.69) is 50.4 Å². The van der Waals surface area contributed by atoms with Crippen LogP contribution < -0.4 is 16.4 Å². The number of aromatic nitrogens is 3. The van der Waals surface area contributed by atoms with E-state index in [1.807, 2.05) is 18.2 Å². The van der Waals surface area contributed by atoms with Crippen molar-refractivity contribution < 1.29 is 9.59 Å². The summed E-state index contributed by atoms with van der Waals surface area (Å²) in [4.78, 5) is 39.4. The zero-order valence-corrected chi connectivity index (χ0v) is 24.6. The molecule has 0 aliphatic carbocycles. The Morgan fingerprint density at radius 1 is 1.05 bits per heavy atom. The SMILES string of the molecule is CCN(CC)CCNC(=O)CCc1cccc(CSc2nc(N)c(C#N)c(-c3ccc(NC(C)=O)cc3)n2)n1.Cl. The number of halogens is 1. The molecule has 4 N–H and O–H groups in total. The quantitative estimate of drug-likeness (QED) is 0.200. The molecule has 0 aliphatic rings. The molecule has 2 amide bonds. The van der Waals surface area contributed by atoms with E-state index >= 15 is 0 Å². The highest BCUT2D eigenvalue weighted by Crippen LogP contribution is 2.29. The maximum absolute atomic E-state index is 12.2. The van der Waals surface area contributed by atoms with Crippen LogP contribution in [-0.4, -0.2) is 57.8 Å². The molecule has 0 unspecified atom stereocenters. The molecule has 0 aliphatic heterocycles. The van der Waals surface area contributed by atoms with Crippen molar-refractivity contribution in [2.24, 2.45) is 0 Å². The van der Waals surface area contributed by atoms with Crippen LogP contribution in [0.4, 0.5) is 11.5 Å². The van der Waals surface area contributed by atoms with Crippen molar-refractivity contribution in [3.05, 3.63) is 59.4 Å². The average molecular weight is 583 g/mol. The van der Waals surface area contributed by atoms with Crippen molar-refractivity contribution in [3.8, 4) is 17.3 Å². The fourth-order valence-electron chi connectivity index (χ4n) is 3.87. The van der Waals surface area contributed by atoms with Gasteiger partial charge in [-0.05, 0) is 43.8 Å². The van der Waals surface area contributed by atoms with Crippen molar-refractivity contribution in [2.75, 3.05) is 37.2 Å². The lowest BCUT2D eigenvalue weighted by Crippen LogP contribution is -2.34. The number of nitrogens with two attached hydrogens (primary N) is 1. The Labute approximate surface area is 245 Å². The van der Waals surface area contributed by atoms with Gasteiger partial charge < -0.3 is 21.3 Å². The Hall–Kier alpha value is -3.72. The lowest BCUT2D eigenvalue weighted by molar-refractivity contribution is -0.121. The second kappa shape index (κ2) is 16.4. The van der Waals surface area contributed by atoms with Gasteiger partial charge in [0.1, 0.15) is 17.5 Å². The van der Waals surface area contributed by atoms with Gasteiger partial charge >= 0.3 is 0 Å². The van der Waals surface area contributed by atoms with E-state index in [1.54, 1.807) is 24.3 Å². The summed E-state index contributed by atoms with van der Waals surface area (Å²) in [7, 11) is 0. The van der Waals surface area contributed by atoms with E-state index in [-0.39, 0.29) is 35.6 Å². The van der Waals surface area contributed by atoms with Crippen LogP contribution in [0, 0.1) is 11.3 Å². The highest BCUT2D eigenvalue weighted by Gasteiger charge is 2.15. The highest BCUT2D eigenvalue weighted by molar-refractivity contribution is 7.98. The standard InChI is InChI=1S/C28H34N8O2S.ClH/c1-4-36(5-2)16-15-31-25(38)14-13-21-7-6-8-23(33-21)18-39-28-34-26(24(17-29)27(30)35-28)20-9-11-22(12-10-20)32-19(3)37;/h6-12H,4-5,13-16,18H2,1-3H3,(H,31,38)(H,32,37)(H2,30,34,35);1H. The van der Waals surface area contributed by atoms with E-state index in [1.165, 1.54) is 18.7 Å². The Morgan fingerprint density at radius 3 is 2.40 bits per heavy atom. The van der Waals surface area contributed by atoms with Gasteiger partial charge in [0, 0.05) is 49.1 Å². The number of likely N-dealkylation sites (N-methyl/N-ethyl adjacent to an activating group) is 1. The number of rotatable bonds is 13. The number of nitrogens with one attached hydrogen (secondary N) is 2. The zero-order valence-electron chi connectivity index (χ0n) is 22.9. The fraction of sp³-hybridized carbons (Fsp3) is 0.357. The predicted octanol–water partition coefficient (Wildman–Crippen LogP) is 4.06. The summed E-state index contributed by atoms with van der Waals surface area (Å²) in [5.74, 6) is 0.445. The largest absolute Gasteiger partial charge is 0.382 e. The Kier molecular flexibility index (Phi) is 13.3. The number of pyridine rings is 1. The van der Waals surface area contributed by atoms with Crippen LogP contribution in [0.15, 0.2) is 47.6 Å². The summed E-state index contributed by atoms with van der Waals surface area (Å²) in [6, 6.07) is 14.9. The molecule has 212 valence electrons. The van der Waals surface area contributed by atoms with E-state index in [9.17, 15) is 14.9 Å². The number of anilines is 2. The number of nitriles is 1. The molecule has 0 saturated heterocycles. The number of carbonyl (C=O) groups excluding carboxylic acids is 2. The number of aryl methyl sites for hydroxylation is 1. The minimum absolute atomic E-state index is 0. The van der Waals surface area contributed by atoms with Gasteiger partial charge in [-0.15, -0.1) is 12.4 Å². The molecule has 0 radical (unpaired) electrons.